The molecule has 0 spiro atoms. The van der Waals surface area contributed by atoms with Crippen LogP contribution < -0.4 is 11.2 Å². The van der Waals surface area contributed by atoms with Crippen molar-refractivity contribution in [2.45, 2.75) is 25.7 Å². The monoisotopic (exact) mass is 180 g/mol. The van der Waals surface area contributed by atoms with Gasteiger partial charge in [-0.3, -0.25) is 0 Å². The summed E-state index contributed by atoms with van der Waals surface area (Å²) in [6.45, 7) is 0. The minimum Gasteiger partial charge on any atom is -0.350 e. The lowest BCUT2D eigenvalue weighted by Gasteiger charge is -2.17. The highest BCUT2D eigenvalue weighted by Gasteiger charge is 2.19. The van der Waals surface area contributed by atoms with E-state index in [1.54, 1.807) is 0 Å². The number of nitrogens with two attached hydrogens (primary N) is 1. The first-order valence-corrected chi connectivity index (χ1v) is 4.25. The second-order valence-electron chi connectivity index (χ2n) is 3.01. The number of nitrogens with one attached hydrogen (secondary N) is 1. The molecule has 5 nitrogen and oxygen atoms in total. The molecule has 0 saturated heterocycles. The number of urea groups is 1. The molecule has 1 rings (SSSR count). The van der Waals surface area contributed by atoms with E-state index in [0.717, 1.165) is 31.4 Å². The lowest BCUT2D eigenvalue weighted by molar-refractivity contribution is 0.249. The van der Waals surface area contributed by atoms with E-state index in [0.29, 0.717) is 0 Å². The van der Waals surface area contributed by atoms with Crippen LogP contribution in [0.15, 0.2) is 5.10 Å². The van der Waals surface area contributed by atoms with Gasteiger partial charge in [-0.1, -0.05) is 6.42 Å². The van der Waals surface area contributed by atoms with E-state index in [9.17, 15) is 4.79 Å². The molecule has 2 amide bonds. The highest BCUT2D eigenvalue weighted by molar-refractivity contribution is 5.90. The highest BCUT2D eigenvalue weighted by Crippen LogP contribution is 2.20. The molecule has 1 aliphatic carbocycles. The molecule has 0 radical (unpaired) electrons. The van der Waals surface area contributed by atoms with Crippen LogP contribution in [0.1, 0.15) is 25.7 Å². The van der Waals surface area contributed by atoms with Crippen LogP contribution in [0.4, 0.5) is 4.79 Å². The van der Waals surface area contributed by atoms with E-state index in [-0.39, 0.29) is 5.92 Å². The average molecular weight is 180 g/mol. The van der Waals surface area contributed by atoms with E-state index in [4.69, 9.17) is 11.0 Å². The van der Waals surface area contributed by atoms with Gasteiger partial charge in [0.25, 0.3) is 0 Å². The molecule has 70 valence electrons. The van der Waals surface area contributed by atoms with Gasteiger partial charge in [-0.25, -0.2) is 10.2 Å². The molecule has 0 heterocycles. The first-order valence-electron chi connectivity index (χ1n) is 4.25. The second-order valence-corrected chi connectivity index (χ2v) is 3.01. The number of hydrazone groups is 1. The highest BCUT2D eigenvalue weighted by atomic mass is 16.2. The topological polar surface area (TPSA) is 91.3 Å². The summed E-state index contributed by atoms with van der Waals surface area (Å²) in [6.07, 6.45) is 3.68. The van der Waals surface area contributed by atoms with Crippen molar-refractivity contribution in [2.75, 3.05) is 0 Å². The third-order valence-corrected chi connectivity index (χ3v) is 2.04. The molecule has 0 aromatic carbocycles. The lowest BCUT2D eigenvalue weighted by atomic mass is 9.88. The van der Waals surface area contributed by atoms with Crippen molar-refractivity contribution in [1.82, 2.24) is 5.43 Å². The number of primary amides is 1. The summed E-state index contributed by atoms with van der Waals surface area (Å²) >= 11 is 0. The van der Waals surface area contributed by atoms with Gasteiger partial charge in [-0.05, 0) is 19.3 Å². The third kappa shape index (κ3) is 2.75. The number of carbonyl (C=O) groups excluding carboxylic acids is 1. The summed E-state index contributed by atoms with van der Waals surface area (Å²) in [6, 6.07) is 1.47. The van der Waals surface area contributed by atoms with Gasteiger partial charge in [-0.15, -0.1) is 0 Å². The van der Waals surface area contributed by atoms with Crippen molar-refractivity contribution in [2.24, 2.45) is 16.8 Å². The molecule has 0 aromatic heterocycles. The molecule has 13 heavy (non-hydrogen) atoms. The van der Waals surface area contributed by atoms with Crippen LogP contribution in [0.2, 0.25) is 0 Å². The molecule has 0 bridgehead atoms. The summed E-state index contributed by atoms with van der Waals surface area (Å²) in [7, 11) is 0. The molecule has 0 unspecified atom stereocenters. The van der Waals surface area contributed by atoms with Crippen molar-refractivity contribution in [1.29, 1.82) is 5.26 Å². The fourth-order valence-corrected chi connectivity index (χ4v) is 1.40. The number of rotatable bonds is 1. The Labute approximate surface area is 76.6 Å². The van der Waals surface area contributed by atoms with E-state index < -0.39 is 6.03 Å². The van der Waals surface area contributed by atoms with Gasteiger partial charge in [0.1, 0.15) is 0 Å². The van der Waals surface area contributed by atoms with Crippen molar-refractivity contribution >= 4 is 11.7 Å². The van der Waals surface area contributed by atoms with Crippen molar-refractivity contribution in [3.8, 4) is 6.07 Å². The zero-order chi connectivity index (χ0) is 9.68. The van der Waals surface area contributed by atoms with Crippen molar-refractivity contribution in [3.63, 3.8) is 0 Å². The Bertz CT molecular complexity index is 266. The Morgan fingerprint density at radius 1 is 1.69 bits per heavy atom. The lowest BCUT2D eigenvalue weighted by Crippen LogP contribution is -2.28. The average Bonchev–Trinajstić information content (AvgIpc) is 2.15. The van der Waals surface area contributed by atoms with Gasteiger partial charge in [0.15, 0.2) is 0 Å². The van der Waals surface area contributed by atoms with Gasteiger partial charge in [0, 0.05) is 0 Å². The van der Waals surface area contributed by atoms with Crippen LogP contribution in [0.3, 0.4) is 0 Å². The molecule has 1 saturated carbocycles. The van der Waals surface area contributed by atoms with Gasteiger partial charge < -0.3 is 5.73 Å². The SMILES string of the molecule is N#C[C@H]1CCCC/C1=N\NC(N)=O. The fourth-order valence-electron chi connectivity index (χ4n) is 1.40. The Hall–Kier alpha value is -1.57. The summed E-state index contributed by atoms with van der Waals surface area (Å²) in [5, 5.41) is 12.6. The fraction of sp³-hybridized carbons (Fsp3) is 0.625. The van der Waals surface area contributed by atoms with E-state index in [1.807, 2.05) is 0 Å². The predicted octanol–water partition coefficient (Wildman–Crippen LogP) is 0.724. The first kappa shape index (κ1) is 9.52. The zero-order valence-corrected chi connectivity index (χ0v) is 7.29. The Morgan fingerprint density at radius 3 is 3.08 bits per heavy atom. The Kier molecular flexibility index (Phi) is 3.26. The van der Waals surface area contributed by atoms with Gasteiger partial charge in [-0.2, -0.15) is 10.4 Å². The molecule has 0 aliphatic heterocycles. The minimum absolute atomic E-state index is 0.152. The zero-order valence-electron chi connectivity index (χ0n) is 7.29. The number of carbonyl (C=O) groups is 1. The summed E-state index contributed by atoms with van der Waals surface area (Å²) in [5.74, 6) is -0.152. The van der Waals surface area contributed by atoms with Gasteiger partial charge >= 0.3 is 6.03 Å². The number of hydrogen-bond acceptors (Lipinski definition) is 3. The quantitative estimate of drug-likeness (QED) is 0.582. The summed E-state index contributed by atoms with van der Waals surface area (Å²) in [5.41, 5.74) is 7.75. The molecule has 1 atom stereocenters. The minimum atomic E-state index is -0.685. The summed E-state index contributed by atoms with van der Waals surface area (Å²) in [4.78, 5) is 10.4. The molecule has 0 aromatic rings. The van der Waals surface area contributed by atoms with E-state index in [1.165, 1.54) is 0 Å². The Morgan fingerprint density at radius 2 is 2.46 bits per heavy atom. The second kappa shape index (κ2) is 4.45. The van der Waals surface area contributed by atoms with Gasteiger partial charge in [0.05, 0.1) is 17.7 Å². The van der Waals surface area contributed by atoms with Crippen molar-refractivity contribution < 1.29 is 4.79 Å². The standard InChI is InChI=1S/C8H12N4O/c9-5-6-3-1-2-4-7(6)11-12-8(10)13/h6H,1-4H2,(H3,10,12,13)/b11-7+/t6-/m1/s1. The largest absolute Gasteiger partial charge is 0.350 e. The molecular formula is C8H12N4O. The predicted molar refractivity (Wildman–Crippen MR) is 47.7 cm³/mol. The normalized spacial score (nSPS) is 25.2. The smallest absolute Gasteiger partial charge is 0.332 e. The number of amides is 2. The molecule has 1 aliphatic rings. The van der Waals surface area contributed by atoms with E-state index >= 15 is 0 Å². The van der Waals surface area contributed by atoms with Gasteiger partial charge in [0.2, 0.25) is 0 Å². The number of nitrogens with zero attached hydrogens (tertiary/aromatic N) is 2. The van der Waals surface area contributed by atoms with Crippen LogP contribution in [-0.2, 0) is 0 Å². The van der Waals surface area contributed by atoms with Crippen molar-refractivity contribution in [3.05, 3.63) is 0 Å². The molecule has 1 fully saturated rings. The first-order chi connectivity index (χ1) is 6.24. The maximum Gasteiger partial charge on any atom is 0.332 e. The van der Waals surface area contributed by atoms with Crippen LogP contribution >= 0.6 is 0 Å². The maximum atomic E-state index is 10.4. The van der Waals surface area contributed by atoms with Crippen LogP contribution in [0, 0.1) is 17.2 Å². The maximum absolute atomic E-state index is 10.4. The third-order valence-electron chi connectivity index (χ3n) is 2.04. The summed E-state index contributed by atoms with van der Waals surface area (Å²) < 4.78 is 0. The molecular weight excluding hydrogens is 168 g/mol. The Balaban J connectivity index is 2.59. The van der Waals surface area contributed by atoms with E-state index in [2.05, 4.69) is 16.6 Å². The van der Waals surface area contributed by atoms with Crippen LogP contribution in [0.5, 0.6) is 0 Å². The number of hydrogen-bond donors (Lipinski definition) is 2. The van der Waals surface area contributed by atoms with Crippen LogP contribution in [0.25, 0.3) is 0 Å². The molecule has 3 N–H and O–H groups in total. The van der Waals surface area contributed by atoms with Crippen LogP contribution in [-0.4, -0.2) is 11.7 Å². The number of nitriles is 1. The molecule has 5 heteroatoms.